The maximum absolute atomic E-state index is 12.5. The summed E-state index contributed by atoms with van der Waals surface area (Å²) in [7, 11) is 0. The Morgan fingerprint density at radius 2 is 1.68 bits per heavy atom. The quantitative estimate of drug-likeness (QED) is 0.743. The van der Waals surface area contributed by atoms with Crippen molar-refractivity contribution in [2.45, 2.75) is 20.8 Å². The molecule has 1 aromatic heterocycles. The molecule has 3 aromatic rings. The lowest BCUT2D eigenvalue weighted by atomic mass is 10.1. The molecule has 126 valence electrons. The molecular weight excluding hydrogens is 312 g/mol. The van der Waals surface area contributed by atoms with Crippen LogP contribution in [0.2, 0.25) is 0 Å². The van der Waals surface area contributed by atoms with E-state index in [1.54, 1.807) is 6.07 Å². The van der Waals surface area contributed by atoms with Gasteiger partial charge in [0.25, 0.3) is 5.91 Å². The molecule has 0 aliphatic heterocycles. The van der Waals surface area contributed by atoms with E-state index in [4.69, 9.17) is 0 Å². The van der Waals surface area contributed by atoms with Crippen molar-refractivity contribution in [1.82, 2.24) is 9.97 Å². The van der Waals surface area contributed by atoms with Crippen LogP contribution in [0.15, 0.2) is 54.9 Å². The number of nitrogens with zero attached hydrogens (tertiary/aromatic N) is 2. The molecule has 0 bridgehead atoms. The van der Waals surface area contributed by atoms with Gasteiger partial charge in [-0.2, -0.15) is 0 Å². The Hall–Kier alpha value is -3.21. The van der Waals surface area contributed by atoms with E-state index in [-0.39, 0.29) is 5.91 Å². The summed E-state index contributed by atoms with van der Waals surface area (Å²) in [5.74, 6) is 0.317. The third-order valence-electron chi connectivity index (χ3n) is 3.94. The van der Waals surface area contributed by atoms with E-state index in [0.717, 1.165) is 28.1 Å². The van der Waals surface area contributed by atoms with Crippen LogP contribution >= 0.6 is 0 Å². The second-order valence-corrected chi connectivity index (χ2v) is 6.00. The summed E-state index contributed by atoms with van der Waals surface area (Å²) in [6, 6.07) is 15.4. The topological polar surface area (TPSA) is 66.9 Å². The van der Waals surface area contributed by atoms with Gasteiger partial charge in [-0.05, 0) is 44.0 Å². The summed E-state index contributed by atoms with van der Waals surface area (Å²) >= 11 is 0. The van der Waals surface area contributed by atoms with Crippen molar-refractivity contribution >= 4 is 23.1 Å². The number of para-hydroxylation sites is 1. The maximum atomic E-state index is 12.5. The number of benzene rings is 2. The molecular formula is C20H20N4O. The standard InChI is InChI=1S/C20H20N4O/c1-13-8-9-17(15(3)10-13)24-20(25)18-11-19(22-12-21-18)23-16-7-5-4-6-14(16)2/h4-12H,1-3H3,(H,24,25)(H,21,22,23). The third kappa shape index (κ3) is 4.01. The minimum absolute atomic E-state index is 0.262. The van der Waals surface area contributed by atoms with Gasteiger partial charge in [0.2, 0.25) is 0 Å². The molecule has 0 saturated heterocycles. The summed E-state index contributed by atoms with van der Waals surface area (Å²) in [4.78, 5) is 20.8. The van der Waals surface area contributed by atoms with Crippen molar-refractivity contribution in [3.8, 4) is 0 Å². The molecule has 0 fully saturated rings. The molecule has 2 N–H and O–H groups in total. The van der Waals surface area contributed by atoms with Gasteiger partial charge in [-0.1, -0.05) is 35.9 Å². The van der Waals surface area contributed by atoms with Crippen molar-refractivity contribution in [3.05, 3.63) is 77.2 Å². The lowest BCUT2D eigenvalue weighted by Gasteiger charge is -2.11. The number of aryl methyl sites for hydroxylation is 3. The predicted octanol–water partition coefficient (Wildman–Crippen LogP) is 4.40. The highest BCUT2D eigenvalue weighted by Gasteiger charge is 2.11. The molecule has 2 aromatic carbocycles. The molecule has 5 heteroatoms. The lowest BCUT2D eigenvalue weighted by molar-refractivity contribution is 0.102. The highest BCUT2D eigenvalue weighted by Crippen LogP contribution is 2.20. The van der Waals surface area contributed by atoms with Gasteiger partial charge in [-0.3, -0.25) is 4.79 Å². The fraction of sp³-hybridized carbons (Fsp3) is 0.150. The van der Waals surface area contributed by atoms with E-state index < -0.39 is 0 Å². The van der Waals surface area contributed by atoms with Gasteiger partial charge >= 0.3 is 0 Å². The van der Waals surface area contributed by atoms with E-state index in [9.17, 15) is 4.79 Å². The smallest absolute Gasteiger partial charge is 0.274 e. The van der Waals surface area contributed by atoms with Crippen LogP contribution in [-0.2, 0) is 0 Å². The van der Waals surface area contributed by atoms with Crippen LogP contribution in [-0.4, -0.2) is 15.9 Å². The van der Waals surface area contributed by atoms with E-state index in [1.165, 1.54) is 6.33 Å². The molecule has 3 rings (SSSR count). The van der Waals surface area contributed by atoms with Crippen LogP contribution in [0.5, 0.6) is 0 Å². The van der Waals surface area contributed by atoms with Gasteiger partial charge in [0, 0.05) is 17.4 Å². The number of hydrogen-bond acceptors (Lipinski definition) is 4. The highest BCUT2D eigenvalue weighted by molar-refractivity contribution is 6.03. The molecule has 0 aliphatic carbocycles. The summed E-state index contributed by atoms with van der Waals surface area (Å²) < 4.78 is 0. The number of amides is 1. The van der Waals surface area contributed by atoms with Gasteiger partial charge in [-0.25, -0.2) is 9.97 Å². The number of aromatic nitrogens is 2. The van der Waals surface area contributed by atoms with Gasteiger partial charge in [0.1, 0.15) is 17.8 Å². The Balaban J connectivity index is 1.79. The third-order valence-corrected chi connectivity index (χ3v) is 3.94. The summed E-state index contributed by atoms with van der Waals surface area (Å²) in [5.41, 5.74) is 5.31. The number of anilines is 3. The molecule has 25 heavy (non-hydrogen) atoms. The molecule has 0 atom stereocenters. The first-order chi connectivity index (χ1) is 12.0. The first-order valence-electron chi connectivity index (χ1n) is 8.06. The van der Waals surface area contributed by atoms with Crippen LogP contribution < -0.4 is 10.6 Å². The molecule has 1 heterocycles. The van der Waals surface area contributed by atoms with Crippen molar-refractivity contribution < 1.29 is 4.79 Å². The Kier molecular flexibility index (Phi) is 4.75. The van der Waals surface area contributed by atoms with Crippen molar-refractivity contribution in [1.29, 1.82) is 0 Å². The number of rotatable bonds is 4. The SMILES string of the molecule is Cc1ccc(NC(=O)c2cc(Nc3ccccc3C)ncn2)c(C)c1. The minimum atomic E-state index is -0.262. The second-order valence-electron chi connectivity index (χ2n) is 6.00. The van der Waals surface area contributed by atoms with Crippen LogP contribution in [0.3, 0.4) is 0 Å². The number of carbonyl (C=O) groups is 1. The van der Waals surface area contributed by atoms with Gasteiger partial charge in [-0.15, -0.1) is 0 Å². The fourth-order valence-electron chi connectivity index (χ4n) is 2.54. The Morgan fingerprint density at radius 3 is 2.44 bits per heavy atom. The summed E-state index contributed by atoms with van der Waals surface area (Å²) in [6.45, 7) is 6.00. The average Bonchev–Trinajstić information content (AvgIpc) is 2.60. The van der Waals surface area contributed by atoms with E-state index in [0.29, 0.717) is 11.5 Å². The van der Waals surface area contributed by atoms with Crippen LogP contribution in [0.25, 0.3) is 0 Å². The van der Waals surface area contributed by atoms with Crippen LogP contribution in [0, 0.1) is 20.8 Å². The highest BCUT2D eigenvalue weighted by atomic mass is 16.1. The zero-order valence-corrected chi connectivity index (χ0v) is 14.5. The Labute approximate surface area is 147 Å². The summed E-state index contributed by atoms with van der Waals surface area (Å²) in [6.07, 6.45) is 1.39. The maximum Gasteiger partial charge on any atom is 0.274 e. The van der Waals surface area contributed by atoms with E-state index in [1.807, 2.05) is 63.2 Å². The number of nitrogens with one attached hydrogen (secondary N) is 2. The largest absolute Gasteiger partial charge is 0.340 e. The molecule has 0 unspecified atom stereocenters. The fourth-order valence-corrected chi connectivity index (χ4v) is 2.54. The Bertz CT molecular complexity index is 921. The predicted molar refractivity (Wildman–Crippen MR) is 100 cm³/mol. The van der Waals surface area contributed by atoms with E-state index in [2.05, 4.69) is 20.6 Å². The van der Waals surface area contributed by atoms with Gasteiger partial charge < -0.3 is 10.6 Å². The van der Waals surface area contributed by atoms with Crippen LogP contribution in [0.4, 0.5) is 17.2 Å². The Morgan fingerprint density at radius 1 is 0.880 bits per heavy atom. The zero-order chi connectivity index (χ0) is 17.8. The van der Waals surface area contributed by atoms with Crippen molar-refractivity contribution in [2.24, 2.45) is 0 Å². The molecule has 0 saturated carbocycles. The molecule has 0 aliphatic rings. The van der Waals surface area contributed by atoms with Crippen LogP contribution in [0.1, 0.15) is 27.2 Å². The number of hydrogen-bond donors (Lipinski definition) is 2. The first-order valence-corrected chi connectivity index (χ1v) is 8.06. The van der Waals surface area contributed by atoms with Gasteiger partial charge in [0.05, 0.1) is 0 Å². The summed E-state index contributed by atoms with van der Waals surface area (Å²) in [5, 5.41) is 6.12. The lowest BCUT2D eigenvalue weighted by Crippen LogP contribution is -2.15. The normalized spacial score (nSPS) is 10.4. The molecule has 1 amide bonds. The zero-order valence-electron chi connectivity index (χ0n) is 14.5. The monoisotopic (exact) mass is 332 g/mol. The van der Waals surface area contributed by atoms with Gasteiger partial charge in [0.15, 0.2) is 0 Å². The molecule has 0 radical (unpaired) electrons. The molecule has 5 nitrogen and oxygen atoms in total. The van der Waals surface area contributed by atoms with Crippen molar-refractivity contribution in [3.63, 3.8) is 0 Å². The van der Waals surface area contributed by atoms with Crippen molar-refractivity contribution in [2.75, 3.05) is 10.6 Å². The number of carbonyl (C=O) groups excluding carboxylic acids is 1. The van der Waals surface area contributed by atoms with E-state index >= 15 is 0 Å². The minimum Gasteiger partial charge on any atom is -0.340 e. The first kappa shape index (κ1) is 16.6. The average molecular weight is 332 g/mol. The molecule has 0 spiro atoms. The second kappa shape index (κ2) is 7.13.